The maximum atomic E-state index is 11.0. The molecular formula is C15H11NO. The number of benzene rings is 2. The highest BCUT2D eigenvalue weighted by molar-refractivity contribution is 5.91. The van der Waals surface area contributed by atoms with Gasteiger partial charge in [-0.05, 0) is 28.6 Å². The molecule has 1 N–H and O–H groups in total. The minimum Gasteiger partial charge on any atom is -0.361 e. The highest BCUT2D eigenvalue weighted by atomic mass is 16.1. The lowest BCUT2D eigenvalue weighted by atomic mass is 10.00. The zero-order valence-corrected chi connectivity index (χ0v) is 9.18. The maximum Gasteiger partial charge on any atom is 0.150 e. The molecular weight excluding hydrogens is 210 g/mol. The van der Waals surface area contributed by atoms with Gasteiger partial charge in [0.1, 0.15) is 0 Å². The van der Waals surface area contributed by atoms with Gasteiger partial charge in [0, 0.05) is 17.3 Å². The summed E-state index contributed by atoms with van der Waals surface area (Å²) < 4.78 is 0. The molecule has 0 aliphatic carbocycles. The number of aldehydes is 1. The third-order valence-corrected chi connectivity index (χ3v) is 2.95. The second-order valence-electron chi connectivity index (χ2n) is 3.98. The van der Waals surface area contributed by atoms with Crippen molar-refractivity contribution in [3.63, 3.8) is 0 Å². The van der Waals surface area contributed by atoms with Gasteiger partial charge in [0.15, 0.2) is 6.29 Å². The minimum atomic E-state index is 0.721. The summed E-state index contributed by atoms with van der Waals surface area (Å²) in [4.78, 5) is 14.2. The van der Waals surface area contributed by atoms with Crippen LogP contribution in [0.25, 0.3) is 22.0 Å². The molecule has 0 unspecified atom stereocenters. The fraction of sp³-hybridized carbons (Fsp3) is 0. The molecule has 0 spiro atoms. The molecule has 2 aromatic carbocycles. The number of hydrogen-bond donors (Lipinski definition) is 1. The first-order valence-corrected chi connectivity index (χ1v) is 5.50. The van der Waals surface area contributed by atoms with Crippen LogP contribution in [0.15, 0.2) is 54.7 Å². The van der Waals surface area contributed by atoms with E-state index in [9.17, 15) is 4.79 Å². The first-order chi connectivity index (χ1) is 8.38. The molecule has 0 bridgehead atoms. The smallest absolute Gasteiger partial charge is 0.150 e. The summed E-state index contributed by atoms with van der Waals surface area (Å²) in [6, 6.07) is 15.8. The first kappa shape index (κ1) is 9.85. The van der Waals surface area contributed by atoms with Crippen molar-refractivity contribution in [1.29, 1.82) is 0 Å². The Bertz CT molecular complexity index is 682. The van der Waals surface area contributed by atoms with Gasteiger partial charge in [-0.1, -0.05) is 36.4 Å². The van der Waals surface area contributed by atoms with Gasteiger partial charge < -0.3 is 4.98 Å². The SMILES string of the molecule is O=Cc1ccccc1-c1ccc2cc[nH]c2c1. The van der Waals surface area contributed by atoms with E-state index in [1.165, 1.54) is 5.39 Å². The Hall–Kier alpha value is -2.35. The monoisotopic (exact) mass is 221 g/mol. The summed E-state index contributed by atoms with van der Waals surface area (Å²) in [5, 5.41) is 1.18. The van der Waals surface area contributed by atoms with Gasteiger partial charge in [0.25, 0.3) is 0 Å². The molecule has 0 saturated heterocycles. The molecule has 0 atom stereocenters. The standard InChI is InChI=1S/C15H11NO/c17-10-13-3-1-2-4-14(13)12-6-5-11-7-8-16-15(11)9-12/h1-10,16H. The van der Waals surface area contributed by atoms with Gasteiger partial charge in [0.2, 0.25) is 0 Å². The number of rotatable bonds is 2. The second kappa shape index (κ2) is 3.91. The van der Waals surface area contributed by atoms with Crippen molar-refractivity contribution in [2.24, 2.45) is 0 Å². The highest BCUT2D eigenvalue weighted by Gasteiger charge is 2.04. The Morgan fingerprint density at radius 3 is 2.76 bits per heavy atom. The fourth-order valence-electron chi connectivity index (χ4n) is 2.08. The number of H-pyrrole nitrogens is 1. The predicted octanol–water partition coefficient (Wildman–Crippen LogP) is 3.65. The van der Waals surface area contributed by atoms with E-state index in [4.69, 9.17) is 0 Å². The van der Waals surface area contributed by atoms with Crippen molar-refractivity contribution in [2.45, 2.75) is 0 Å². The minimum absolute atomic E-state index is 0.721. The molecule has 0 amide bonds. The van der Waals surface area contributed by atoms with E-state index in [1.54, 1.807) is 0 Å². The van der Waals surface area contributed by atoms with Gasteiger partial charge in [-0.2, -0.15) is 0 Å². The van der Waals surface area contributed by atoms with E-state index in [-0.39, 0.29) is 0 Å². The third-order valence-electron chi connectivity index (χ3n) is 2.95. The quantitative estimate of drug-likeness (QED) is 0.658. The van der Waals surface area contributed by atoms with Crippen molar-refractivity contribution in [3.8, 4) is 11.1 Å². The molecule has 0 aliphatic rings. The van der Waals surface area contributed by atoms with Crippen LogP contribution in [0.1, 0.15) is 10.4 Å². The molecule has 0 aliphatic heterocycles. The zero-order chi connectivity index (χ0) is 11.7. The van der Waals surface area contributed by atoms with E-state index in [0.717, 1.165) is 28.5 Å². The van der Waals surface area contributed by atoms with E-state index < -0.39 is 0 Å². The average Bonchev–Trinajstić information content (AvgIpc) is 2.85. The van der Waals surface area contributed by atoms with Gasteiger partial charge in [-0.15, -0.1) is 0 Å². The second-order valence-corrected chi connectivity index (χ2v) is 3.98. The molecule has 17 heavy (non-hydrogen) atoms. The molecule has 82 valence electrons. The van der Waals surface area contributed by atoms with Gasteiger partial charge in [-0.3, -0.25) is 4.79 Å². The molecule has 3 aromatic rings. The summed E-state index contributed by atoms with van der Waals surface area (Å²) >= 11 is 0. The summed E-state index contributed by atoms with van der Waals surface area (Å²) in [6.45, 7) is 0. The van der Waals surface area contributed by atoms with Crippen LogP contribution in [0.3, 0.4) is 0 Å². The molecule has 0 fully saturated rings. The highest BCUT2D eigenvalue weighted by Crippen LogP contribution is 2.25. The summed E-state index contributed by atoms with van der Waals surface area (Å²) in [5.41, 5.74) is 3.84. The number of carbonyl (C=O) groups is 1. The van der Waals surface area contributed by atoms with Crippen molar-refractivity contribution < 1.29 is 4.79 Å². The largest absolute Gasteiger partial charge is 0.361 e. The number of nitrogens with one attached hydrogen (secondary N) is 1. The van der Waals surface area contributed by atoms with Crippen LogP contribution in [-0.4, -0.2) is 11.3 Å². The predicted molar refractivity (Wildman–Crippen MR) is 69.1 cm³/mol. The molecule has 1 heterocycles. The lowest BCUT2D eigenvalue weighted by molar-refractivity contribution is 0.112. The molecule has 2 heteroatoms. The number of fused-ring (bicyclic) bond motifs is 1. The summed E-state index contributed by atoms with van der Waals surface area (Å²) in [6.07, 6.45) is 2.81. The van der Waals surface area contributed by atoms with Gasteiger partial charge in [-0.25, -0.2) is 0 Å². The first-order valence-electron chi connectivity index (χ1n) is 5.50. The topological polar surface area (TPSA) is 32.9 Å². The van der Waals surface area contributed by atoms with Gasteiger partial charge >= 0.3 is 0 Å². The Labute approximate surface area is 98.9 Å². The van der Waals surface area contributed by atoms with E-state index in [0.29, 0.717) is 0 Å². The van der Waals surface area contributed by atoms with E-state index >= 15 is 0 Å². The molecule has 2 nitrogen and oxygen atoms in total. The lowest BCUT2D eigenvalue weighted by Gasteiger charge is -2.04. The van der Waals surface area contributed by atoms with Crippen LogP contribution in [0.4, 0.5) is 0 Å². The van der Waals surface area contributed by atoms with E-state index in [1.807, 2.05) is 42.6 Å². The van der Waals surface area contributed by atoms with E-state index in [2.05, 4.69) is 17.1 Å². The Morgan fingerprint density at radius 2 is 1.88 bits per heavy atom. The van der Waals surface area contributed by atoms with Crippen molar-refractivity contribution >= 4 is 17.2 Å². The van der Waals surface area contributed by atoms with Crippen molar-refractivity contribution in [2.75, 3.05) is 0 Å². The molecule has 0 radical (unpaired) electrons. The van der Waals surface area contributed by atoms with Crippen molar-refractivity contribution in [3.05, 3.63) is 60.3 Å². The summed E-state index contributed by atoms with van der Waals surface area (Å²) in [7, 11) is 0. The number of aromatic nitrogens is 1. The normalized spacial score (nSPS) is 10.6. The molecule has 3 rings (SSSR count). The number of aromatic amines is 1. The number of carbonyl (C=O) groups excluding carboxylic acids is 1. The Kier molecular flexibility index (Phi) is 2.26. The Balaban J connectivity index is 2.22. The van der Waals surface area contributed by atoms with Crippen LogP contribution in [0.2, 0.25) is 0 Å². The fourth-order valence-corrected chi connectivity index (χ4v) is 2.08. The molecule has 0 saturated carbocycles. The summed E-state index contributed by atoms with van der Waals surface area (Å²) in [5.74, 6) is 0. The van der Waals surface area contributed by atoms with Crippen LogP contribution >= 0.6 is 0 Å². The third kappa shape index (κ3) is 1.64. The van der Waals surface area contributed by atoms with Gasteiger partial charge in [0.05, 0.1) is 0 Å². The number of hydrogen-bond acceptors (Lipinski definition) is 1. The van der Waals surface area contributed by atoms with Crippen LogP contribution < -0.4 is 0 Å². The average molecular weight is 221 g/mol. The van der Waals surface area contributed by atoms with Crippen LogP contribution in [0, 0.1) is 0 Å². The van der Waals surface area contributed by atoms with Crippen molar-refractivity contribution in [1.82, 2.24) is 4.98 Å². The zero-order valence-electron chi connectivity index (χ0n) is 9.18. The lowest BCUT2D eigenvalue weighted by Crippen LogP contribution is -1.86. The molecule has 1 aromatic heterocycles. The van der Waals surface area contributed by atoms with Crippen LogP contribution in [0.5, 0.6) is 0 Å². The maximum absolute atomic E-state index is 11.0. The Morgan fingerprint density at radius 1 is 1.00 bits per heavy atom. The van der Waals surface area contributed by atoms with Crippen LogP contribution in [-0.2, 0) is 0 Å².